The molecule has 12 N–H and O–H groups in total. The SMILES string of the molecule is Cc1c(-c2c(F)cc(C(N)=O)c3c2-c2ccc(C(C)(C)O)cc2C3)cccc1-n1c(=O)[nH]c2c(F)cc(F)cc2c1=O.Cc1c(-c2c(F)cc(C(N)=O)c3c2C2=C(C3)C[C@H](C(C)(C)O)CC2)cccc1-n1c(=O)[nH]c2c(F)cccc2c1=O.Cc1cc(C(N)=O)c2c(c1-c1cccc(-n3c(=O)[nH]c4c(F)cccc4c3=O)c1C)-c1ccc(C(C)(C)O)cc1C2. The molecule has 14 aromatic rings. The smallest absolute Gasteiger partial charge is 0.333 e. The zero-order valence-corrected chi connectivity index (χ0v) is 68.7. The molecule has 27 heteroatoms. The highest BCUT2D eigenvalue weighted by atomic mass is 19.2. The van der Waals surface area contributed by atoms with E-state index in [1.807, 2.05) is 38.1 Å². The number of halogens is 6. The highest BCUT2D eigenvalue weighted by molar-refractivity contribution is 6.05. The van der Waals surface area contributed by atoms with Crippen LogP contribution in [0.15, 0.2) is 192 Å². The molecule has 3 aromatic heterocycles. The molecular formula is C97H81F6N9O12. The highest BCUT2D eigenvalue weighted by Crippen LogP contribution is 2.54. The van der Waals surface area contributed by atoms with E-state index in [9.17, 15) is 76.0 Å². The number of hydrogen-bond donors (Lipinski definition) is 9. The van der Waals surface area contributed by atoms with E-state index in [2.05, 4.69) is 15.0 Å². The summed E-state index contributed by atoms with van der Waals surface area (Å²) in [5, 5.41) is 31.5. The number of aromatic nitrogens is 6. The maximum Gasteiger partial charge on any atom is 0.333 e. The van der Waals surface area contributed by atoms with Crippen molar-refractivity contribution in [2.75, 3.05) is 0 Å². The van der Waals surface area contributed by atoms with E-state index in [-0.39, 0.29) is 73.2 Å². The molecule has 0 saturated heterocycles. The molecule has 628 valence electrons. The van der Waals surface area contributed by atoms with E-state index < -0.39 is 109 Å². The van der Waals surface area contributed by atoms with Crippen molar-refractivity contribution in [3.05, 3.63) is 344 Å². The number of amides is 3. The van der Waals surface area contributed by atoms with E-state index in [0.29, 0.717) is 111 Å². The van der Waals surface area contributed by atoms with E-state index in [0.717, 1.165) is 99.2 Å². The molecule has 0 spiro atoms. The molecule has 0 radical (unpaired) electrons. The first-order chi connectivity index (χ1) is 58.5. The number of primary amides is 3. The standard InChI is InChI=1S/C33H28FN3O4.C32H24F3N3O4.C32H29F2N3O4/c1-16-13-24(30(35)38)23-15-18-14-19(33(3,4)41)11-12-21(18)28(23)27(16)20-7-6-10-26(17(20)2)37-31(39)22-8-5-9-25(34)29(22)36-32(37)40;1-14-18(5-4-6-25(14)38-30(40)22-11-17(33)12-24(35)28(22)37-31(38)41)27-23(34)13-21(29(36)39)20-10-15-9-16(32(2,3)42)7-8-19(15)26(20)27;1-15-18(6-5-9-25(15)37-30(39)20-7-4-8-23(33)28(20)36-31(37)40)27-24(34)14-22(29(35)38)21-13-16-12-17(32(2,3)41)10-11-19(16)26(21)27/h5-14,41H,15H2,1-4H3,(H2,35,38)(H,36,40);4-9,11-13,42H,10H2,1-3H3,(H2,36,39)(H,37,41);4-9,14,17,41H,10-13H2,1-3H3,(H2,35,38)(H,36,40)/t;;17-/m..1/s1. The second-order valence-corrected chi connectivity index (χ2v) is 33.6. The predicted molar refractivity (Wildman–Crippen MR) is 462 cm³/mol. The van der Waals surface area contributed by atoms with Gasteiger partial charge in [0.25, 0.3) is 16.7 Å². The van der Waals surface area contributed by atoms with E-state index >= 15 is 8.78 Å². The number of allylic oxidation sites excluding steroid dienone is 2. The highest BCUT2D eigenvalue weighted by Gasteiger charge is 2.40. The first kappa shape index (κ1) is 83.5. The number of nitrogens with one attached hydrogen (secondary N) is 3. The number of H-pyrrole nitrogens is 3. The molecule has 0 aliphatic heterocycles. The lowest BCUT2D eigenvalue weighted by molar-refractivity contribution is 0.0122. The average molecular weight is 1680 g/mol. The van der Waals surface area contributed by atoms with Crippen LogP contribution in [0.1, 0.15) is 159 Å². The van der Waals surface area contributed by atoms with Gasteiger partial charge in [-0.2, -0.15) is 0 Å². The van der Waals surface area contributed by atoms with E-state index in [4.69, 9.17) is 17.2 Å². The van der Waals surface area contributed by atoms with Crippen molar-refractivity contribution in [1.82, 2.24) is 28.7 Å². The van der Waals surface area contributed by atoms with Crippen LogP contribution in [0.3, 0.4) is 0 Å². The number of aliphatic hydroxyl groups is 3. The van der Waals surface area contributed by atoms with Crippen molar-refractivity contribution in [3.63, 3.8) is 0 Å². The van der Waals surface area contributed by atoms with Gasteiger partial charge in [-0.25, -0.2) is 54.4 Å². The normalized spacial score (nSPS) is 13.8. The topological polar surface area (TPSA) is 355 Å². The maximum absolute atomic E-state index is 16.1. The third kappa shape index (κ3) is 14.0. The van der Waals surface area contributed by atoms with Crippen molar-refractivity contribution >= 4 is 56.0 Å². The minimum Gasteiger partial charge on any atom is -0.390 e. The Hall–Kier alpha value is -14.2. The van der Waals surface area contributed by atoms with Gasteiger partial charge in [-0.15, -0.1) is 0 Å². The van der Waals surface area contributed by atoms with Crippen molar-refractivity contribution in [2.24, 2.45) is 23.1 Å². The number of hydrogen-bond acceptors (Lipinski definition) is 12. The van der Waals surface area contributed by atoms with Gasteiger partial charge in [0.1, 0.15) is 29.1 Å². The zero-order valence-electron chi connectivity index (χ0n) is 68.7. The van der Waals surface area contributed by atoms with Crippen LogP contribution in [-0.2, 0) is 30.5 Å². The van der Waals surface area contributed by atoms with Gasteiger partial charge in [0.15, 0.2) is 5.82 Å². The van der Waals surface area contributed by atoms with E-state index in [1.165, 1.54) is 42.5 Å². The Morgan fingerprint density at radius 2 is 0.782 bits per heavy atom. The van der Waals surface area contributed by atoms with Gasteiger partial charge in [0.2, 0.25) is 17.7 Å². The fourth-order valence-electron chi connectivity index (χ4n) is 18.4. The lowest BCUT2D eigenvalue weighted by atomic mass is 9.75. The first-order valence-electron chi connectivity index (χ1n) is 39.8. The van der Waals surface area contributed by atoms with Crippen LogP contribution in [0, 0.1) is 68.5 Å². The summed E-state index contributed by atoms with van der Waals surface area (Å²) in [7, 11) is 0. The predicted octanol–water partition coefficient (Wildman–Crippen LogP) is 14.9. The number of carbonyl (C=O) groups is 3. The van der Waals surface area contributed by atoms with Crippen LogP contribution in [0.4, 0.5) is 26.3 Å². The molecule has 0 saturated carbocycles. The Balaban J connectivity index is 0.000000137. The molecule has 0 unspecified atom stereocenters. The first-order valence-corrected chi connectivity index (χ1v) is 39.8. The fraction of sp³-hybridized carbons (Fsp3) is 0.206. The molecule has 11 aromatic carbocycles. The monoisotopic (exact) mass is 1680 g/mol. The van der Waals surface area contributed by atoms with Gasteiger partial charge in [-0.05, 0) is 297 Å². The van der Waals surface area contributed by atoms with Crippen molar-refractivity contribution in [2.45, 2.75) is 125 Å². The Labute approximate surface area is 701 Å². The lowest BCUT2D eigenvalue weighted by Crippen LogP contribution is -2.34. The Kier molecular flexibility index (Phi) is 20.5. The molecule has 4 aliphatic rings. The summed E-state index contributed by atoms with van der Waals surface area (Å²) in [4.78, 5) is 124. The fourth-order valence-corrected chi connectivity index (χ4v) is 18.4. The maximum atomic E-state index is 16.1. The molecule has 124 heavy (non-hydrogen) atoms. The number of para-hydroxylation sites is 2. The third-order valence-corrected chi connectivity index (χ3v) is 24.6. The van der Waals surface area contributed by atoms with Crippen LogP contribution in [0.5, 0.6) is 0 Å². The van der Waals surface area contributed by atoms with Gasteiger partial charge in [-0.3, -0.25) is 28.8 Å². The number of aryl methyl sites for hydroxylation is 1. The van der Waals surface area contributed by atoms with E-state index in [1.54, 1.807) is 116 Å². The summed E-state index contributed by atoms with van der Waals surface area (Å²) in [6.07, 6.45) is 3.07. The van der Waals surface area contributed by atoms with Crippen molar-refractivity contribution in [3.8, 4) is 72.7 Å². The molecule has 3 amide bonds. The second-order valence-electron chi connectivity index (χ2n) is 33.6. The summed E-state index contributed by atoms with van der Waals surface area (Å²) in [6.45, 7) is 17.3. The molecule has 18 rings (SSSR count). The summed E-state index contributed by atoms with van der Waals surface area (Å²) in [5.74, 6) is -6.89. The average Bonchev–Trinajstić information content (AvgIpc) is 1.54. The minimum absolute atomic E-state index is 0.00523. The minimum atomic E-state index is -1.14. The van der Waals surface area contributed by atoms with Crippen molar-refractivity contribution < 1.29 is 56.0 Å². The van der Waals surface area contributed by atoms with Gasteiger partial charge >= 0.3 is 17.1 Å². The molecular weight excluding hydrogens is 1600 g/mol. The number of nitrogens with two attached hydrogens (primary N) is 3. The van der Waals surface area contributed by atoms with Gasteiger partial charge in [-0.1, -0.05) is 90.5 Å². The number of fused-ring (bicyclic) bond motifs is 11. The number of carbonyl (C=O) groups excluding carboxylic acids is 3. The number of benzene rings is 11. The summed E-state index contributed by atoms with van der Waals surface area (Å²) in [5.41, 5.74) is 25.4. The number of nitrogens with zero attached hydrogens (tertiary/aromatic N) is 3. The van der Waals surface area contributed by atoms with Crippen LogP contribution in [0.25, 0.3) is 111 Å². The number of rotatable bonds is 12. The molecule has 21 nitrogen and oxygen atoms in total. The number of aromatic amines is 3. The summed E-state index contributed by atoms with van der Waals surface area (Å²) >= 11 is 0. The molecule has 3 heterocycles. The van der Waals surface area contributed by atoms with Crippen LogP contribution in [0.2, 0.25) is 0 Å². The van der Waals surface area contributed by atoms with Crippen LogP contribution >= 0.6 is 0 Å². The quantitative estimate of drug-likeness (QED) is 0.0516. The summed E-state index contributed by atoms with van der Waals surface area (Å²) < 4.78 is 91.8. The third-order valence-electron chi connectivity index (χ3n) is 24.6. The molecule has 4 aliphatic carbocycles. The zero-order chi connectivity index (χ0) is 89.0. The largest absolute Gasteiger partial charge is 0.390 e. The van der Waals surface area contributed by atoms with Gasteiger partial charge in [0, 0.05) is 33.9 Å². The molecule has 0 bridgehead atoms. The Morgan fingerprint density at radius 3 is 1.20 bits per heavy atom. The van der Waals surface area contributed by atoms with Crippen LogP contribution < -0.4 is 50.9 Å². The van der Waals surface area contributed by atoms with Gasteiger partial charge in [0.05, 0.1) is 66.6 Å². The lowest BCUT2D eigenvalue weighted by Gasteiger charge is -2.33. The second kappa shape index (κ2) is 30.5. The van der Waals surface area contributed by atoms with Crippen molar-refractivity contribution in [1.29, 1.82) is 0 Å². The molecule has 1 atom stereocenters. The van der Waals surface area contributed by atoms with Crippen LogP contribution in [-0.4, -0.2) is 67.3 Å². The summed E-state index contributed by atoms with van der Waals surface area (Å²) in [6, 6.07) is 39.4. The van der Waals surface area contributed by atoms with Gasteiger partial charge < -0.3 is 47.5 Å². The molecule has 0 fully saturated rings. The Bertz CT molecular complexity index is 7540. The Morgan fingerprint density at radius 1 is 0.403 bits per heavy atom.